The number of rotatable bonds is 10. The summed E-state index contributed by atoms with van der Waals surface area (Å²) in [7, 11) is -7.58. The molecule has 0 spiro atoms. The number of hydrogen-bond donors (Lipinski definition) is 1. The second-order valence-corrected chi connectivity index (χ2v) is 28.4. The highest BCUT2D eigenvalue weighted by atomic mass is 28.4. The van der Waals surface area contributed by atoms with Crippen LogP contribution in [0.1, 0.15) is 68.7 Å². The molecule has 0 aliphatic rings. The molecule has 0 aromatic carbocycles. The summed E-state index contributed by atoms with van der Waals surface area (Å²) in [6, 6.07) is 0. The summed E-state index contributed by atoms with van der Waals surface area (Å²) in [5.41, 5.74) is 0. The maximum absolute atomic E-state index is 14.3. The fourth-order valence-electron chi connectivity index (χ4n) is 2.61. The van der Waals surface area contributed by atoms with E-state index in [0.29, 0.717) is 0 Å². The Bertz CT molecular complexity index is 646. The molecule has 0 radical (unpaired) electrons. The first-order valence-corrected chi connectivity index (χ1v) is 21.0. The molecule has 10 heteroatoms. The van der Waals surface area contributed by atoms with E-state index in [0.717, 1.165) is 0 Å². The van der Waals surface area contributed by atoms with Crippen molar-refractivity contribution in [2.24, 2.45) is 0 Å². The smallest absolute Gasteiger partial charge is 0.411 e. The van der Waals surface area contributed by atoms with Crippen molar-refractivity contribution in [3.05, 3.63) is 0 Å². The van der Waals surface area contributed by atoms with Crippen molar-refractivity contribution in [2.75, 3.05) is 6.61 Å². The van der Waals surface area contributed by atoms with Crippen LogP contribution < -0.4 is 0 Å². The molecular weight excluding hydrogens is 494 g/mol. The molecule has 0 fully saturated rings. The largest absolute Gasteiger partial charge is 0.413 e. The van der Waals surface area contributed by atoms with Gasteiger partial charge in [-0.05, 0) is 54.4 Å². The molecule has 3 atom stereocenters. The van der Waals surface area contributed by atoms with Gasteiger partial charge in [0.1, 0.15) is 6.10 Å². The van der Waals surface area contributed by atoms with Crippen LogP contribution in [0.2, 0.25) is 54.4 Å². The number of aliphatic hydroxyl groups excluding tert-OH is 1. The van der Waals surface area contributed by atoms with Crippen LogP contribution in [0.25, 0.3) is 0 Å². The van der Waals surface area contributed by atoms with E-state index in [4.69, 9.17) is 13.3 Å². The van der Waals surface area contributed by atoms with Crippen molar-refractivity contribution < 1.29 is 31.6 Å². The van der Waals surface area contributed by atoms with Crippen molar-refractivity contribution in [1.29, 1.82) is 0 Å². The van der Waals surface area contributed by atoms with Gasteiger partial charge in [0.05, 0.1) is 18.8 Å². The molecule has 34 heavy (non-hydrogen) atoms. The minimum atomic E-state index is -4.55. The van der Waals surface area contributed by atoms with Gasteiger partial charge >= 0.3 is 6.18 Å². The first-order valence-electron chi connectivity index (χ1n) is 12.3. The number of aliphatic hydroxyl groups is 1. The third-order valence-electron chi connectivity index (χ3n) is 8.15. The fraction of sp³-hybridized carbons (Fsp3) is 1.00. The van der Waals surface area contributed by atoms with Gasteiger partial charge < -0.3 is 18.4 Å². The summed E-state index contributed by atoms with van der Waals surface area (Å²) in [4.78, 5) is 0. The van der Waals surface area contributed by atoms with E-state index in [9.17, 15) is 18.3 Å². The van der Waals surface area contributed by atoms with Crippen LogP contribution >= 0.6 is 0 Å². The molecule has 0 rings (SSSR count). The molecule has 1 N–H and O–H groups in total. The Balaban J connectivity index is 6.41. The van der Waals surface area contributed by atoms with E-state index in [1.165, 1.54) is 0 Å². The predicted molar refractivity (Wildman–Crippen MR) is 144 cm³/mol. The minimum absolute atomic E-state index is 0.164. The lowest BCUT2D eigenvalue weighted by atomic mass is 10.1. The average molecular weight is 547 g/mol. The quantitative estimate of drug-likeness (QED) is 0.281. The molecule has 0 aromatic heterocycles. The van der Waals surface area contributed by atoms with Crippen LogP contribution in [0, 0.1) is 0 Å². The van der Waals surface area contributed by atoms with Crippen LogP contribution in [-0.4, -0.2) is 61.2 Å². The van der Waals surface area contributed by atoms with E-state index in [-0.39, 0.29) is 15.1 Å². The molecule has 0 saturated heterocycles. The molecule has 0 unspecified atom stereocenters. The van der Waals surface area contributed by atoms with Gasteiger partial charge in [-0.3, -0.25) is 0 Å². The van der Waals surface area contributed by atoms with Crippen LogP contribution in [0.5, 0.6) is 0 Å². The van der Waals surface area contributed by atoms with Gasteiger partial charge in [0.15, 0.2) is 25.0 Å². The van der Waals surface area contributed by atoms with E-state index in [1.54, 1.807) is 0 Å². The Morgan fingerprint density at radius 1 is 0.588 bits per heavy atom. The van der Waals surface area contributed by atoms with Crippen molar-refractivity contribution in [3.63, 3.8) is 0 Å². The Hall–Kier alpha value is 0.281. The third kappa shape index (κ3) is 9.30. The number of hydrogen-bond acceptors (Lipinski definition) is 4. The van der Waals surface area contributed by atoms with Crippen molar-refractivity contribution >= 4 is 25.0 Å². The lowest BCUT2D eigenvalue weighted by Gasteiger charge is -2.46. The molecule has 0 amide bonds. The van der Waals surface area contributed by atoms with Crippen molar-refractivity contribution in [3.8, 4) is 0 Å². The van der Waals surface area contributed by atoms with Gasteiger partial charge in [0, 0.05) is 6.42 Å². The Kier molecular flexibility index (Phi) is 11.0. The van der Waals surface area contributed by atoms with E-state index < -0.39 is 62.5 Å². The second-order valence-electron chi connectivity index (χ2n) is 14.2. The van der Waals surface area contributed by atoms with Crippen LogP contribution in [0.3, 0.4) is 0 Å². The van der Waals surface area contributed by atoms with Gasteiger partial charge in [-0.1, -0.05) is 62.3 Å². The molecule has 0 heterocycles. The third-order valence-corrected chi connectivity index (χ3v) is 21.6. The van der Waals surface area contributed by atoms with Crippen LogP contribution in [-0.2, 0) is 13.3 Å². The molecule has 0 aromatic rings. The molecular formula is C24H53F3O4Si3. The predicted octanol–water partition coefficient (Wildman–Crippen LogP) is 8.10. The summed E-state index contributed by atoms with van der Waals surface area (Å²) in [5, 5.41) is 9.57. The highest BCUT2D eigenvalue weighted by Crippen LogP contribution is 2.44. The lowest BCUT2D eigenvalue weighted by Crippen LogP contribution is -2.56. The Morgan fingerprint density at radius 3 is 1.15 bits per heavy atom. The Morgan fingerprint density at radius 2 is 0.882 bits per heavy atom. The summed E-state index contributed by atoms with van der Waals surface area (Å²) in [6.45, 7) is 29.4. The fourth-order valence-corrected chi connectivity index (χ4v) is 6.60. The van der Waals surface area contributed by atoms with Gasteiger partial charge in [-0.2, -0.15) is 13.2 Å². The standard InChI is InChI=1S/C24H53F3O4Si3/c1-21(2,3)32(10,11)29-18(19(17-28)30-33(12,13)22(4,5)6)16-20(24(25,26)27)31-34(14,15)23(7,8)9/h18-20,28H,16-17H2,1-15H3/t18-,19-,20-/m1/s1. The van der Waals surface area contributed by atoms with Gasteiger partial charge in [0.2, 0.25) is 0 Å². The first-order chi connectivity index (χ1) is 14.6. The van der Waals surface area contributed by atoms with Gasteiger partial charge in [-0.15, -0.1) is 0 Å². The van der Waals surface area contributed by atoms with E-state index in [2.05, 4.69) is 20.8 Å². The molecule has 0 aliphatic heterocycles. The van der Waals surface area contributed by atoms with Crippen LogP contribution in [0.15, 0.2) is 0 Å². The highest BCUT2D eigenvalue weighted by Gasteiger charge is 2.51. The monoisotopic (exact) mass is 546 g/mol. The maximum Gasteiger partial charge on any atom is 0.413 e. The molecule has 4 nitrogen and oxygen atoms in total. The topological polar surface area (TPSA) is 47.9 Å². The van der Waals surface area contributed by atoms with E-state index in [1.807, 2.05) is 80.8 Å². The van der Waals surface area contributed by atoms with Crippen molar-refractivity contribution in [1.82, 2.24) is 0 Å². The summed E-state index contributed by atoms with van der Waals surface area (Å²) in [6.07, 6.45) is -8.73. The molecule has 206 valence electrons. The van der Waals surface area contributed by atoms with Crippen LogP contribution in [0.4, 0.5) is 13.2 Å². The average Bonchev–Trinajstić information content (AvgIpc) is 2.54. The second kappa shape index (κ2) is 10.9. The molecule has 0 bridgehead atoms. The van der Waals surface area contributed by atoms with Crippen molar-refractivity contribution in [2.45, 2.75) is 148 Å². The summed E-state index contributed by atoms with van der Waals surface area (Å²) in [5.74, 6) is 0. The van der Waals surface area contributed by atoms with Gasteiger partial charge in [0.25, 0.3) is 0 Å². The SMILES string of the molecule is CC(C)(C)[Si](C)(C)O[C@H](CO)[C@@H](C[C@@H](O[Si](C)(C)C(C)(C)C)C(F)(F)F)O[Si](C)(C)C(C)(C)C. The summed E-state index contributed by atoms with van der Waals surface area (Å²) >= 11 is 0. The first kappa shape index (κ1) is 34.3. The molecule has 0 aliphatic carbocycles. The van der Waals surface area contributed by atoms with Gasteiger partial charge in [-0.25, -0.2) is 0 Å². The zero-order chi connectivity index (χ0) is 27.8. The minimum Gasteiger partial charge on any atom is -0.411 e. The number of alkyl halides is 3. The summed E-state index contributed by atoms with van der Waals surface area (Å²) < 4.78 is 61.9. The number of halogens is 3. The Labute approximate surface area is 210 Å². The maximum atomic E-state index is 14.3. The lowest BCUT2D eigenvalue weighted by molar-refractivity contribution is -0.208. The highest BCUT2D eigenvalue weighted by molar-refractivity contribution is 6.75. The zero-order valence-electron chi connectivity index (χ0n) is 24.5. The normalized spacial score (nSPS) is 18.1. The zero-order valence-corrected chi connectivity index (χ0v) is 27.5. The molecule has 0 saturated carbocycles. The van der Waals surface area contributed by atoms with E-state index >= 15 is 0 Å².